The summed E-state index contributed by atoms with van der Waals surface area (Å²) < 4.78 is 0. The first kappa shape index (κ1) is 16.9. The lowest BCUT2D eigenvalue weighted by molar-refractivity contribution is -0.127. The normalized spacial score (nSPS) is 10.2. The van der Waals surface area contributed by atoms with Crippen LogP contribution >= 0.6 is 0 Å². The summed E-state index contributed by atoms with van der Waals surface area (Å²) in [7, 11) is 7.21. The summed E-state index contributed by atoms with van der Waals surface area (Å²) in [5.74, 6) is 1.59. The Morgan fingerprint density at radius 2 is 1.67 bits per heavy atom. The number of carbonyl (C=O) groups is 1. The van der Waals surface area contributed by atoms with Gasteiger partial charge in [-0.05, 0) is 13.8 Å². The SMILES string of the molecule is CCNc1nc(N(C)C)nc(N(CC)CC(=O)N(C)C)n1. The third-order valence-electron chi connectivity index (χ3n) is 2.84. The number of hydrogen-bond acceptors (Lipinski definition) is 7. The number of aromatic nitrogens is 3. The van der Waals surface area contributed by atoms with E-state index in [1.165, 1.54) is 0 Å². The summed E-state index contributed by atoms with van der Waals surface area (Å²) in [4.78, 5) is 30.2. The molecule has 0 spiro atoms. The average Bonchev–Trinajstić information content (AvgIpc) is 2.44. The highest BCUT2D eigenvalue weighted by atomic mass is 16.2. The Bertz CT molecular complexity index is 476. The molecule has 0 saturated heterocycles. The third-order valence-corrected chi connectivity index (χ3v) is 2.84. The average molecular weight is 295 g/mol. The van der Waals surface area contributed by atoms with Crippen LogP contribution in [0.25, 0.3) is 0 Å². The number of hydrogen-bond donors (Lipinski definition) is 1. The molecule has 0 aliphatic carbocycles. The zero-order valence-electron chi connectivity index (χ0n) is 13.7. The van der Waals surface area contributed by atoms with E-state index in [-0.39, 0.29) is 12.5 Å². The van der Waals surface area contributed by atoms with Crippen LogP contribution in [0.2, 0.25) is 0 Å². The minimum atomic E-state index is 0.00802. The number of nitrogens with zero attached hydrogens (tertiary/aromatic N) is 6. The van der Waals surface area contributed by atoms with Crippen LogP contribution < -0.4 is 15.1 Å². The van der Waals surface area contributed by atoms with Gasteiger partial charge in [0.2, 0.25) is 23.8 Å². The standard InChI is InChI=1S/C13H25N7O/c1-7-14-11-15-12(19(5)6)17-13(16-11)20(8-2)9-10(21)18(3)4/h7-9H2,1-6H3,(H,14,15,16,17). The molecular formula is C13H25N7O. The van der Waals surface area contributed by atoms with Crippen LogP contribution in [-0.4, -0.2) is 73.6 Å². The van der Waals surface area contributed by atoms with Gasteiger partial charge in [0.15, 0.2) is 0 Å². The largest absolute Gasteiger partial charge is 0.354 e. The zero-order valence-corrected chi connectivity index (χ0v) is 13.7. The Balaban J connectivity index is 3.09. The molecule has 1 heterocycles. The van der Waals surface area contributed by atoms with Gasteiger partial charge in [-0.25, -0.2) is 0 Å². The lowest BCUT2D eigenvalue weighted by Crippen LogP contribution is -2.37. The number of likely N-dealkylation sites (N-methyl/N-ethyl adjacent to an activating group) is 2. The van der Waals surface area contributed by atoms with E-state index in [1.54, 1.807) is 19.0 Å². The number of amides is 1. The molecule has 0 unspecified atom stereocenters. The van der Waals surface area contributed by atoms with Crippen molar-refractivity contribution in [1.29, 1.82) is 0 Å². The van der Waals surface area contributed by atoms with Crippen LogP contribution in [0.15, 0.2) is 0 Å². The summed E-state index contributed by atoms with van der Waals surface area (Å²) in [6, 6.07) is 0. The molecule has 8 heteroatoms. The van der Waals surface area contributed by atoms with Crippen molar-refractivity contribution in [3.63, 3.8) is 0 Å². The minimum Gasteiger partial charge on any atom is -0.354 e. The highest BCUT2D eigenvalue weighted by Crippen LogP contribution is 2.15. The molecule has 0 aromatic carbocycles. The van der Waals surface area contributed by atoms with E-state index in [0.29, 0.717) is 24.4 Å². The molecule has 21 heavy (non-hydrogen) atoms. The summed E-state index contributed by atoms with van der Waals surface area (Å²) >= 11 is 0. The quantitative estimate of drug-likeness (QED) is 0.774. The van der Waals surface area contributed by atoms with Gasteiger partial charge in [-0.3, -0.25) is 4.79 Å². The lowest BCUT2D eigenvalue weighted by atomic mass is 10.4. The van der Waals surface area contributed by atoms with Crippen molar-refractivity contribution in [3.8, 4) is 0 Å². The molecule has 0 atom stereocenters. The van der Waals surface area contributed by atoms with E-state index >= 15 is 0 Å². The molecular weight excluding hydrogens is 270 g/mol. The molecule has 1 rings (SSSR count). The first-order valence-corrected chi connectivity index (χ1v) is 7.01. The van der Waals surface area contributed by atoms with Crippen LogP contribution in [0.3, 0.4) is 0 Å². The van der Waals surface area contributed by atoms with Gasteiger partial charge < -0.3 is 20.0 Å². The summed E-state index contributed by atoms with van der Waals surface area (Å²) in [6.45, 7) is 5.55. The monoisotopic (exact) mass is 295 g/mol. The second kappa shape index (κ2) is 7.61. The predicted octanol–water partition coefficient (Wildman–Crippen LogP) is 0.284. The molecule has 0 fully saturated rings. The van der Waals surface area contributed by atoms with E-state index in [0.717, 1.165) is 6.54 Å². The predicted molar refractivity (Wildman–Crippen MR) is 84.9 cm³/mol. The molecule has 8 nitrogen and oxygen atoms in total. The van der Waals surface area contributed by atoms with E-state index < -0.39 is 0 Å². The van der Waals surface area contributed by atoms with Gasteiger partial charge in [-0.2, -0.15) is 15.0 Å². The summed E-state index contributed by atoms with van der Waals surface area (Å²) in [6.07, 6.45) is 0. The van der Waals surface area contributed by atoms with Crippen LogP contribution in [0, 0.1) is 0 Å². The number of anilines is 3. The molecule has 1 N–H and O–H groups in total. The Morgan fingerprint density at radius 3 is 2.14 bits per heavy atom. The number of nitrogens with one attached hydrogen (secondary N) is 1. The van der Waals surface area contributed by atoms with Gasteiger partial charge >= 0.3 is 0 Å². The molecule has 0 saturated carbocycles. The number of rotatable bonds is 7. The first-order chi connectivity index (χ1) is 9.88. The summed E-state index contributed by atoms with van der Waals surface area (Å²) in [5.41, 5.74) is 0. The van der Waals surface area contributed by atoms with Crippen molar-refractivity contribution in [2.45, 2.75) is 13.8 Å². The maximum absolute atomic E-state index is 11.9. The molecule has 1 aromatic rings. The molecule has 1 amide bonds. The first-order valence-electron chi connectivity index (χ1n) is 7.01. The second-order valence-corrected chi connectivity index (χ2v) is 4.99. The zero-order chi connectivity index (χ0) is 16.0. The fourth-order valence-corrected chi connectivity index (χ4v) is 1.56. The maximum Gasteiger partial charge on any atom is 0.241 e. The van der Waals surface area contributed by atoms with Gasteiger partial charge in [-0.15, -0.1) is 0 Å². The summed E-state index contributed by atoms with van der Waals surface area (Å²) in [5, 5.41) is 3.09. The van der Waals surface area contributed by atoms with Gasteiger partial charge in [0.25, 0.3) is 0 Å². The molecule has 0 aliphatic rings. The van der Waals surface area contributed by atoms with Gasteiger partial charge in [-0.1, -0.05) is 0 Å². The topological polar surface area (TPSA) is 77.5 Å². The van der Waals surface area contributed by atoms with Crippen molar-refractivity contribution >= 4 is 23.8 Å². The Hall–Kier alpha value is -2.12. The van der Waals surface area contributed by atoms with Crippen LogP contribution in [-0.2, 0) is 4.79 Å². The van der Waals surface area contributed by atoms with Crippen molar-refractivity contribution in [2.75, 3.05) is 62.9 Å². The van der Waals surface area contributed by atoms with Crippen LogP contribution in [0.4, 0.5) is 17.8 Å². The van der Waals surface area contributed by atoms with Gasteiger partial charge in [0, 0.05) is 41.3 Å². The van der Waals surface area contributed by atoms with Gasteiger partial charge in [0.05, 0.1) is 6.54 Å². The van der Waals surface area contributed by atoms with Crippen molar-refractivity contribution < 1.29 is 4.79 Å². The third kappa shape index (κ3) is 4.73. The van der Waals surface area contributed by atoms with Crippen molar-refractivity contribution in [2.24, 2.45) is 0 Å². The fraction of sp³-hybridized carbons (Fsp3) is 0.692. The Labute approximate surface area is 126 Å². The van der Waals surface area contributed by atoms with E-state index in [1.807, 2.05) is 37.7 Å². The van der Waals surface area contributed by atoms with Crippen molar-refractivity contribution in [3.05, 3.63) is 0 Å². The molecule has 0 radical (unpaired) electrons. The smallest absolute Gasteiger partial charge is 0.241 e. The second-order valence-electron chi connectivity index (χ2n) is 4.99. The Morgan fingerprint density at radius 1 is 1.05 bits per heavy atom. The van der Waals surface area contributed by atoms with Crippen LogP contribution in [0.5, 0.6) is 0 Å². The molecule has 1 aromatic heterocycles. The maximum atomic E-state index is 11.9. The van der Waals surface area contributed by atoms with Crippen LogP contribution in [0.1, 0.15) is 13.8 Å². The minimum absolute atomic E-state index is 0.00802. The highest BCUT2D eigenvalue weighted by Gasteiger charge is 2.17. The molecule has 118 valence electrons. The lowest BCUT2D eigenvalue weighted by Gasteiger charge is -2.23. The van der Waals surface area contributed by atoms with Crippen molar-refractivity contribution in [1.82, 2.24) is 19.9 Å². The highest BCUT2D eigenvalue weighted by molar-refractivity contribution is 5.80. The fourth-order valence-electron chi connectivity index (χ4n) is 1.56. The van der Waals surface area contributed by atoms with E-state index in [4.69, 9.17) is 0 Å². The number of carbonyl (C=O) groups excluding carboxylic acids is 1. The molecule has 0 bridgehead atoms. The molecule has 0 aliphatic heterocycles. The Kier molecular flexibility index (Phi) is 6.13. The van der Waals surface area contributed by atoms with E-state index in [2.05, 4.69) is 20.3 Å². The van der Waals surface area contributed by atoms with E-state index in [9.17, 15) is 4.79 Å². The van der Waals surface area contributed by atoms with Gasteiger partial charge in [0.1, 0.15) is 0 Å².